The van der Waals surface area contributed by atoms with Gasteiger partial charge in [-0.2, -0.15) is 0 Å². The summed E-state index contributed by atoms with van der Waals surface area (Å²) in [5.41, 5.74) is 4.29. The van der Waals surface area contributed by atoms with Crippen molar-refractivity contribution in [1.29, 1.82) is 0 Å². The molecule has 0 unspecified atom stereocenters. The first-order valence-electron chi connectivity index (χ1n) is 10.2. The van der Waals surface area contributed by atoms with Crippen molar-refractivity contribution >= 4 is 11.6 Å². The van der Waals surface area contributed by atoms with E-state index >= 15 is 0 Å². The SMILES string of the molecule is O=C(Nc1cccc(OCc2ccc(-c3ccccc3)cc2)c1)C1CCNCC1. The summed E-state index contributed by atoms with van der Waals surface area (Å²) in [7, 11) is 0. The summed E-state index contributed by atoms with van der Waals surface area (Å²) in [6.07, 6.45) is 1.78. The Labute approximate surface area is 171 Å². The molecule has 1 heterocycles. The van der Waals surface area contributed by atoms with Crippen molar-refractivity contribution in [3.05, 3.63) is 84.4 Å². The van der Waals surface area contributed by atoms with Gasteiger partial charge in [0.25, 0.3) is 0 Å². The highest BCUT2D eigenvalue weighted by Crippen LogP contribution is 2.22. The number of anilines is 1. The molecule has 0 radical (unpaired) electrons. The lowest BCUT2D eigenvalue weighted by molar-refractivity contribution is -0.120. The molecular weight excluding hydrogens is 360 g/mol. The predicted molar refractivity (Wildman–Crippen MR) is 117 cm³/mol. The zero-order valence-corrected chi connectivity index (χ0v) is 16.4. The molecule has 3 aromatic rings. The van der Waals surface area contributed by atoms with Crippen LogP contribution in [0.5, 0.6) is 5.75 Å². The van der Waals surface area contributed by atoms with Crippen LogP contribution < -0.4 is 15.4 Å². The molecule has 148 valence electrons. The fourth-order valence-electron chi connectivity index (χ4n) is 3.58. The minimum absolute atomic E-state index is 0.0870. The third kappa shape index (κ3) is 5.24. The van der Waals surface area contributed by atoms with E-state index in [9.17, 15) is 4.79 Å². The van der Waals surface area contributed by atoms with Gasteiger partial charge < -0.3 is 15.4 Å². The van der Waals surface area contributed by atoms with Crippen molar-refractivity contribution in [3.8, 4) is 16.9 Å². The molecule has 0 aliphatic carbocycles. The number of benzene rings is 3. The molecule has 4 heteroatoms. The number of hydrogen-bond donors (Lipinski definition) is 2. The molecule has 0 aromatic heterocycles. The third-order valence-electron chi connectivity index (χ3n) is 5.28. The van der Waals surface area contributed by atoms with Crippen molar-refractivity contribution in [2.24, 2.45) is 5.92 Å². The smallest absolute Gasteiger partial charge is 0.227 e. The van der Waals surface area contributed by atoms with Gasteiger partial charge in [-0.25, -0.2) is 0 Å². The molecular formula is C25H26N2O2. The van der Waals surface area contributed by atoms with E-state index in [1.54, 1.807) is 0 Å². The summed E-state index contributed by atoms with van der Waals surface area (Å²) in [6.45, 7) is 2.30. The maximum Gasteiger partial charge on any atom is 0.227 e. The molecule has 4 nitrogen and oxygen atoms in total. The van der Waals surface area contributed by atoms with Crippen LogP contribution in [0.15, 0.2) is 78.9 Å². The van der Waals surface area contributed by atoms with Crippen molar-refractivity contribution < 1.29 is 9.53 Å². The second kappa shape index (κ2) is 9.39. The number of hydrogen-bond acceptors (Lipinski definition) is 3. The highest BCUT2D eigenvalue weighted by Gasteiger charge is 2.20. The van der Waals surface area contributed by atoms with Gasteiger partial charge in [-0.05, 0) is 54.8 Å². The van der Waals surface area contributed by atoms with E-state index in [4.69, 9.17) is 4.74 Å². The Morgan fingerprint density at radius 1 is 0.897 bits per heavy atom. The fraction of sp³-hybridized carbons (Fsp3) is 0.240. The number of nitrogens with one attached hydrogen (secondary N) is 2. The first-order chi connectivity index (χ1) is 14.3. The van der Waals surface area contributed by atoms with E-state index in [-0.39, 0.29) is 11.8 Å². The van der Waals surface area contributed by atoms with Crippen LogP contribution in [0, 0.1) is 5.92 Å². The summed E-state index contributed by atoms with van der Waals surface area (Å²) in [5, 5.41) is 6.32. The second-order valence-corrected chi connectivity index (χ2v) is 7.39. The Hall–Kier alpha value is -3.11. The van der Waals surface area contributed by atoms with Crippen LogP contribution in [-0.2, 0) is 11.4 Å². The molecule has 1 fully saturated rings. The second-order valence-electron chi connectivity index (χ2n) is 7.39. The van der Waals surface area contributed by atoms with E-state index in [0.29, 0.717) is 6.61 Å². The fourth-order valence-corrected chi connectivity index (χ4v) is 3.58. The highest BCUT2D eigenvalue weighted by atomic mass is 16.5. The summed E-state index contributed by atoms with van der Waals surface area (Å²) in [6, 6.07) is 26.3. The van der Waals surface area contributed by atoms with Crippen LogP contribution in [0.2, 0.25) is 0 Å². The Kier molecular flexibility index (Phi) is 6.22. The standard InChI is InChI=1S/C25H26N2O2/c28-25(22-13-15-26-16-14-22)27-23-7-4-8-24(17-23)29-18-19-9-11-21(12-10-19)20-5-2-1-3-6-20/h1-12,17,22,26H,13-16,18H2,(H,27,28). The van der Waals surface area contributed by atoms with Gasteiger partial charge in [-0.1, -0.05) is 60.7 Å². The largest absolute Gasteiger partial charge is 0.489 e. The molecule has 1 amide bonds. The van der Waals surface area contributed by atoms with Gasteiger partial charge in [0.2, 0.25) is 5.91 Å². The monoisotopic (exact) mass is 386 g/mol. The molecule has 1 aliphatic heterocycles. The normalized spacial score (nSPS) is 14.3. The highest BCUT2D eigenvalue weighted by molar-refractivity contribution is 5.92. The molecule has 0 bridgehead atoms. The number of rotatable bonds is 6. The van der Waals surface area contributed by atoms with E-state index in [0.717, 1.165) is 42.9 Å². The Balaban J connectivity index is 1.34. The number of ether oxygens (including phenoxy) is 1. The lowest BCUT2D eigenvalue weighted by Gasteiger charge is -2.21. The molecule has 1 aliphatic rings. The van der Waals surface area contributed by atoms with Crippen LogP contribution in [0.3, 0.4) is 0 Å². The third-order valence-corrected chi connectivity index (χ3v) is 5.28. The number of carbonyl (C=O) groups is 1. The van der Waals surface area contributed by atoms with Crippen LogP contribution in [0.4, 0.5) is 5.69 Å². The number of amides is 1. The maximum absolute atomic E-state index is 12.4. The average molecular weight is 386 g/mol. The molecule has 0 atom stereocenters. The van der Waals surface area contributed by atoms with E-state index in [1.807, 2.05) is 42.5 Å². The molecule has 0 saturated carbocycles. The quantitative estimate of drug-likeness (QED) is 0.635. The lowest BCUT2D eigenvalue weighted by Crippen LogP contribution is -2.34. The molecule has 2 N–H and O–H groups in total. The van der Waals surface area contributed by atoms with Gasteiger partial charge in [0, 0.05) is 17.7 Å². The zero-order chi connectivity index (χ0) is 19.9. The minimum atomic E-state index is 0.0870. The Bertz CT molecular complexity index is 933. The Morgan fingerprint density at radius 2 is 1.62 bits per heavy atom. The average Bonchev–Trinajstić information content (AvgIpc) is 2.79. The first kappa shape index (κ1) is 19.2. The topological polar surface area (TPSA) is 50.4 Å². The molecule has 4 rings (SSSR count). The summed E-state index contributed by atoms with van der Waals surface area (Å²) < 4.78 is 5.94. The first-order valence-corrected chi connectivity index (χ1v) is 10.2. The van der Waals surface area contributed by atoms with Gasteiger partial charge in [-0.3, -0.25) is 4.79 Å². The molecule has 1 saturated heterocycles. The number of carbonyl (C=O) groups excluding carboxylic acids is 1. The Morgan fingerprint density at radius 3 is 2.38 bits per heavy atom. The zero-order valence-electron chi connectivity index (χ0n) is 16.4. The van der Waals surface area contributed by atoms with Gasteiger partial charge in [0.05, 0.1) is 0 Å². The maximum atomic E-state index is 12.4. The van der Waals surface area contributed by atoms with Crippen molar-refractivity contribution in [3.63, 3.8) is 0 Å². The van der Waals surface area contributed by atoms with Crippen molar-refractivity contribution in [1.82, 2.24) is 5.32 Å². The molecule has 0 spiro atoms. The van der Waals surface area contributed by atoms with Gasteiger partial charge >= 0.3 is 0 Å². The predicted octanol–water partition coefficient (Wildman–Crippen LogP) is 4.87. The van der Waals surface area contributed by atoms with Crippen LogP contribution in [0.1, 0.15) is 18.4 Å². The van der Waals surface area contributed by atoms with Gasteiger partial charge in [-0.15, -0.1) is 0 Å². The minimum Gasteiger partial charge on any atom is -0.489 e. The summed E-state index contributed by atoms with van der Waals surface area (Å²) in [4.78, 5) is 12.4. The van der Waals surface area contributed by atoms with E-state index in [1.165, 1.54) is 11.1 Å². The van der Waals surface area contributed by atoms with Crippen LogP contribution in [0.25, 0.3) is 11.1 Å². The van der Waals surface area contributed by atoms with Crippen molar-refractivity contribution in [2.45, 2.75) is 19.4 Å². The van der Waals surface area contributed by atoms with Crippen LogP contribution >= 0.6 is 0 Å². The molecule has 29 heavy (non-hydrogen) atoms. The number of piperidine rings is 1. The van der Waals surface area contributed by atoms with Crippen molar-refractivity contribution in [2.75, 3.05) is 18.4 Å². The summed E-state index contributed by atoms with van der Waals surface area (Å²) in [5.74, 6) is 0.935. The van der Waals surface area contributed by atoms with E-state index < -0.39 is 0 Å². The molecule has 3 aromatic carbocycles. The summed E-state index contributed by atoms with van der Waals surface area (Å²) >= 11 is 0. The van der Waals surface area contributed by atoms with E-state index in [2.05, 4.69) is 47.0 Å². The van der Waals surface area contributed by atoms with Gasteiger partial charge in [0.15, 0.2) is 0 Å². The van der Waals surface area contributed by atoms with Gasteiger partial charge in [0.1, 0.15) is 12.4 Å². The lowest BCUT2D eigenvalue weighted by atomic mass is 9.97. The van der Waals surface area contributed by atoms with Crippen LogP contribution in [-0.4, -0.2) is 19.0 Å².